The van der Waals surface area contributed by atoms with E-state index in [0.717, 1.165) is 0 Å². The molecule has 168 valence electrons. The molecule has 0 unspecified atom stereocenters. The molecule has 2 nitrogen and oxygen atoms in total. The van der Waals surface area contributed by atoms with Crippen LogP contribution in [0.3, 0.4) is 0 Å². The first kappa shape index (κ1) is 21.1. The third-order valence-corrected chi connectivity index (χ3v) is 6.83. The summed E-state index contributed by atoms with van der Waals surface area (Å²) in [5.74, 6) is 1.17. The Balaban J connectivity index is 1.74. The summed E-state index contributed by atoms with van der Waals surface area (Å²) in [5, 5.41) is 0. The molecule has 0 bridgehead atoms. The highest BCUT2D eigenvalue weighted by atomic mass is 15.2. The lowest BCUT2D eigenvalue weighted by molar-refractivity contribution is -0.633. The van der Waals surface area contributed by atoms with Crippen LogP contribution in [0, 0.1) is 6.92 Å². The molecule has 35 heavy (non-hydrogen) atoms. The van der Waals surface area contributed by atoms with Crippen molar-refractivity contribution < 1.29 is 4.57 Å². The lowest BCUT2D eigenvalue weighted by Crippen LogP contribution is -2.30. The van der Waals surface area contributed by atoms with Gasteiger partial charge in [-0.3, -0.25) is 0 Å². The van der Waals surface area contributed by atoms with Gasteiger partial charge in [-0.05, 0) is 59.5 Å². The van der Waals surface area contributed by atoms with Crippen molar-refractivity contribution in [3.8, 4) is 39.3 Å². The van der Waals surface area contributed by atoms with E-state index in [2.05, 4.69) is 150 Å². The lowest BCUT2D eigenvalue weighted by atomic mass is 9.97. The molecule has 2 heteroatoms. The zero-order valence-electron chi connectivity index (χ0n) is 20.0. The van der Waals surface area contributed by atoms with Crippen LogP contribution in [0.4, 0.5) is 0 Å². The number of aromatic nitrogens is 2. The van der Waals surface area contributed by atoms with Gasteiger partial charge in [-0.25, -0.2) is 4.57 Å². The van der Waals surface area contributed by atoms with E-state index in [4.69, 9.17) is 0 Å². The second-order valence-corrected chi connectivity index (χ2v) is 8.99. The van der Waals surface area contributed by atoms with Crippen molar-refractivity contribution in [1.29, 1.82) is 0 Å². The largest absolute Gasteiger partial charge is 0.295 e. The van der Waals surface area contributed by atoms with Crippen LogP contribution in [0.25, 0.3) is 50.4 Å². The Morgan fingerprint density at radius 1 is 0.543 bits per heavy atom. The van der Waals surface area contributed by atoms with Gasteiger partial charge >= 0.3 is 0 Å². The van der Waals surface area contributed by atoms with Crippen LogP contribution < -0.4 is 4.57 Å². The monoisotopic (exact) mass is 451 g/mol. The molecule has 0 atom stereocenters. The minimum atomic E-state index is 1.17. The number of hydrogen-bond acceptors (Lipinski definition) is 0. The predicted molar refractivity (Wildman–Crippen MR) is 145 cm³/mol. The Kier molecular flexibility index (Phi) is 5.27. The Morgan fingerprint density at radius 3 is 1.91 bits per heavy atom. The molecular formula is C33H27N2+. The zero-order chi connectivity index (χ0) is 23.8. The van der Waals surface area contributed by atoms with Crippen LogP contribution >= 0.6 is 0 Å². The fourth-order valence-electron chi connectivity index (χ4n) is 5.07. The van der Waals surface area contributed by atoms with Gasteiger partial charge in [-0.1, -0.05) is 97.1 Å². The number of fused-ring (bicyclic) bond motifs is 1. The second-order valence-electron chi connectivity index (χ2n) is 8.99. The number of aryl methyl sites for hydroxylation is 2. The lowest BCUT2D eigenvalue weighted by Gasteiger charge is -2.13. The molecule has 0 saturated heterocycles. The van der Waals surface area contributed by atoms with E-state index in [1.54, 1.807) is 0 Å². The molecule has 5 aromatic carbocycles. The summed E-state index contributed by atoms with van der Waals surface area (Å²) in [6.07, 6.45) is 0. The number of nitrogens with zero attached hydrogens (tertiary/aromatic N) is 2. The molecule has 0 aliphatic carbocycles. The number of benzene rings is 5. The van der Waals surface area contributed by atoms with Crippen molar-refractivity contribution in [2.75, 3.05) is 0 Å². The van der Waals surface area contributed by atoms with Gasteiger partial charge in [0.2, 0.25) is 0 Å². The van der Waals surface area contributed by atoms with E-state index in [1.165, 1.54) is 55.9 Å². The van der Waals surface area contributed by atoms with Gasteiger partial charge in [0.1, 0.15) is 5.69 Å². The third kappa shape index (κ3) is 3.64. The van der Waals surface area contributed by atoms with E-state index >= 15 is 0 Å². The normalized spacial score (nSPS) is 11.1. The van der Waals surface area contributed by atoms with Gasteiger partial charge in [-0.15, -0.1) is 0 Å². The van der Waals surface area contributed by atoms with Crippen LogP contribution in [0.2, 0.25) is 0 Å². The molecule has 0 amide bonds. The summed E-state index contributed by atoms with van der Waals surface area (Å²) in [6.45, 7) is 2.19. The van der Waals surface area contributed by atoms with E-state index < -0.39 is 0 Å². The highest BCUT2D eigenvalue weighted by Crippen LogP contribution is 2.36. The summed E-state index contributed by atoms with van der Waals surface area (Å²) in [6, 6.07) is 45.5. The molecule has 0 radical (unpaired) electrons. The van der Waals surface area contributed by atoms with Crippen LogP contribution in [0.15, 0.2) is 127 Å². The van der Waals surface area contributed by atoms with Crippen LogP contribution in [0.5, 0.6) is 0 Å². The van der Waals surface area contributed by atoms with Crippen LogP contribution in [-0.2, 0) is 7.05 Å². The van der Waals surface area contributed by atoms with Crippen LogP contribution in [0.1, 0.15) is 5.56 Å². The first-order chi connectivity index (χ1) is 17.2. The third-order valence-electron chi connectivity index (χ3n) is 6.83. The molecule has 0 saturated carbocycles. The summed E-state index contributed by atoms with van der Waals surface area (Å²) in [4.78, 5) is 0. The molecule has 6 rings (SSSR count). The molecule has 0 fully saturated rings. The van der Waals surface area contributed by atoms with Gasteiger partial charge in [0.25, 0.3) is 5.82 Å². The number of hydrogen-bond donors (Lipinski definition) is 0. The van der Waals surface area contributed by atoms with Crippen molar-refractivity contribution in [1.82, 2.24) is 4.57 Å². The summed E-state index contributed by atoms with van der Waals surface area (Å²) in [5.41, 5.74) is 10.9. The summed E-state index contributed by atoms with van der Waals surface area (Å²) < 4.78 is 4.76. The minimum absolute atomic E-state index is 1.17. The number of para-hydroxylation sites is 2. The van der Waals surface area contributed by atoms with E-state index in [9.17, 15) is 0 Å². The molecule has 0 aliphatic heterocycles. The average Bonchev–Trinajstić information content (AvgIpc) is 3.21. The van der Waals surface area contributed by atoms with Crippen molar-refractivity contribution in [2.24, 2.45) is 7.05 Å². The van der Waals surface area contributed by atoms with Crippen molar-refractivity contribution in [3.63, 3.8) is 0 Å². The fourth-order valence-corrected chi connectivity index (χ4v) is 5.07. The summed E-state index contributed by atoms with van der Waals surface area (Å²) in [7, 11) is 2.17. The SMILES string of the molecule is Cc1ccccc1-c1n(-c2cc(-c3ccccc3)ccc2-c2ccccc2)c2ccccc2[n+]1C. The van der Waals surface area contributed by atoms with Gasteiger partial charge in [0.15, 0.2) is 11.0 Å². The molecule has 0 aliphatic rings. The Morgan fingerprint density at radius 2 is 1.17 bits per heavy atom. The topological polar surface area (TPSA) is 8.81 Å². The van der Waals surface area contributed by atoms with Crippen molar-refractivity contribution in [2.45, 2.75) is 6.92 Å². The zero-order valence-corrected chi connectivity index (χ0v) is 20.0. The van der Waals surface area contributed by atoms with Gasteiger partial charge in [0.05, 0.1) is 12.6 Å². The molecule has 1 heterocycles. The Bertz CT molecular complexity index is 1640. The quantitative estimate of drug-likeness (QED) is 0.242. The number of imidazole rings is 1. The predicted octanol–water partition coefficient (Wildman–Crippen LogP) is 7.76. The van der Waals surface area contributed by atoms with E-state index in [-0.39, 0.29) is 0 Å². The highest BCUT2D eigenvalue weighted by molar-refractivity contribution is 5.86. The number of rotatable bonds is 4. The summed E-state index contributed by atoms with van der Waals surface area (Å²) >= 11 is 0. The fraction of sp³-hybridized carbons (Fsp3) is 0.0606. The van der Waals surface area contributed by atoms with Gasteiger partial charge in [-0.2, -0.15) is 4.57 Å². The second kappa shape index (κ2) is 8.73. The molecule has 0 spiro atoms. The molecule has 0 N–H and O–H groups in total. The highest BCUT2D eigenvalue weighted by Gasteiger charge is 2.28. The maximum Gasteiger partial charge on any atom is 0.295 e. The van der Waals surface area contributed by atoms with E-state index in [1.807, 2.05) is 0 Å². The Labute approximate surface area is 206 Å². The minimum Gasteiger partial charge on any atom is -0.225 e. The standard InChI is InChI=1S/C33H27N2/c1-24-13-9-10-18-28(24)33-34(2)30-19-11-12-20-31(30)35(33)32-23-27(25-14-5-3-6-15-25)21-22-29(32)26-16-7-4-8-17-26/h3-23H,1-2H3/q+1. The van der Waals surface area contributed by atoms with Crippen molar-refractivity contribution >= 4 is 11.0 Å². The van der Waals surface area contributed by atoms with Gasteiger partial charge in [0, 0.05) is 5.56 Å². The molecule has 6 aromatic rings. The maximum absolute atomic E-state index is 2.44. The van der Waals surface area contributed by atoms with Gasteiger partial charge < -0.3 is 0 Å². The smallest absolute Gasteiger partial charge is 0.225 e. The maximum atomic E-state index is 2.44. The van der Waals surface area contributed by atoms with Crippen molar-refractivity contribution in [3.05, 3.63) is 133 Å². The van der Waals surface area contributed by atoms with Crippen LogP contribution in [-0.4, -0.2) is 4.57 Å². The van der Waals surface area contributed by atoms with E-state index in [0.29, 0.717) is 0 Å². The Hall–Kier alpha value is -4.43. The average molecular weight is 452 g/mol. The first-order valence-corrected chi connectivity index (χ1v) is 12.0. The molecule has 1 aromatic heterocycles. The molecular weight excluding hydrogens is 424 g/mol. The first-order valence-electron chi connectivity index (χ1n) is 12.0.